The molecule has 1 aromatic carbocycles. The molecule has 2 atom stereocenters. The van der Waals surface area contributed by atoms with Gasteiger partial charge in [-0.05, 0) is 46.9 Å². The van der Waals surface area contributed by atoms with Crippen molar-refractivity contribution < 1.29 is 24.6 Å². The molecule has 39 heavy (non-hydrogen) atoms. The van der Waals surface area contributed by atoms with Crippen LogP contribution in [0, 0.1) is 0 Å². The van der Waals surface area contributed by atoms with Crippen molar-refractivity contribution in [1.29, 1.82) is 0 Å². The minimum Gasteiger partial charge on any atom is -0.481 e. The SMILES string of the molecule is CC(C)(C)c1cc(Br)cc([C@H](CC(=O)O)NC(=O)CNC(=O)C2=C/C(NC3=NCC(O)CN3)=C\C=C\C=C\2)c1. The average Bonchev–Trinajstić information content (AvgIpc) is 2.84. The molecule has 1 unspecified atom stereocenters. The number of benzene rings is 1. The molecule has 0 spiro atoms. The maximum Gasteiger partial charge on any atom is 0.305 e. The summed E-state index contributed by atoms with van der Waals surface area (Å²) in [5.74, 6) is -1.58. The number of allylic oxidation sites excluding steroid dienone is 5. The monoisotopic (exact) mass is 599 g/mol. The van der Waals surface area contributed by atoms with E-state index in [0.29, 0.717) is 29.3 Å². The summed E-state index contributed by atoms with van der Waals surface area (Å²) in [5.41, 5.74) is 2.35. The van der Waals surface area contributed by atoms with Crippen LogP contribution in [-0.4, -0.2) is 59.7 Å². The van der Waals surface area contributed by atoms with Crippen LogP contribution in [0.5, 0.6) is 0 Å². The number of carboxylic acid groups (broad SMARTS) is 1. The van der Waals surface area contributed by atoms with Crippen molar-refractivity contribution in [2.75, 3.05) is 19.6 Å². The van der Waals surface area contributed by atoms with Crippen LogP contribution >= 0.6 is 15.9 Å². The van der Waals surface area contributed by atoms with Gasteiger partial charge in [-0.3, -0.25) is 19.4 Å². The molecular formula is C28H34BrN5O5. The minimum absolute atomic E-state index is 0.179. The third-order valence-corrected chi connectivity index (χ3v) is 6.34. The average molecular weight is 601 g/mol. The van der Waals surface area contributed by atoms with Crippen molar-refractivity contribution in [1.82, 2.24) is 21.3 Å². The van der Waals surface area contributed by atoms with Crippen LogP contribution in [0.3, 0.4) is 0 Å². The Morgan fingerprint density at radius 3 is 2.62 bits per heavy atom. The van der Waals surface area contributed by atoms with Gasteiger partial charge in [0.25, 0.3) is 5.91 Å². The zero-order valence-electron chi connectivity index (χ0n) is 22.1. The first-order chi connectivity index (χ1) is 18.4. The van der Waals surface area contributed by atoms with Crippen molar-refractivity contribution in [3.63, 3.8) is 0 Å². The van der Waals surface area contributed by atoms with E-state index < -0.39 is 29.9 Å². The zero-order chi connectivity index (χ0) is 28.6. The first kappa shape index (κ1) is 29.9. The fourth-order valence-electron chi connectivity index (χ4n) is 3.80. The third-order valence-electron chi connectivity index (χ3n) is 5.89. The molecule has 11 heteroatoms. The predicted octanol–water partition coefficient (Wildman–Crippen LogP) is 2.34. The van der Waals surface area contributed by atoms with E-state index in [4.69, 9.17) is 0 Å². The lowest BCUT2D eigenvalue weighted by Gasteiger charge is -2.24. The smallest absolute Gasteiger partial charge is 0.305 e. The Hall–Kier alpha value is -3.70. The zero-order valence-corrected chi connectivity index (χ0v) is 23.7. The van der Waals surface area contributed by atoms with E-state index in [0.717, 1.165) is 10.0 Å². The van der Waals surface area contributed by atoms with Gasteiger partial charge < -0.3 is 31.5 Å². The van der Waals surface area contributed by atoms with Crippen LogP contribution < -0.4 is 21.3 Å². The van der Waals surface area contributed by atoms with Gasteiger partial charge in [-0.1, -0.05) is 61.0 Å². The Balaban J connectivity index is 1.68. The number of halogens is 1. The summed E-state index contributed by atoms with van der Waals surface area (Å²) in [6.45, 7) is 6.44. The van der Waals surface area contributed by atoms with E-state index in [1.165, 1.54) is 0 Å². The van der Waals surface area contributed by atoms with Crippen LogP contribution in [0.25, 0.3) is 0 Å². The fourth-order valence-corrected chi connectivity index (χ4v) is 4.31. The second-order valence-electron chi connectivity index (χ2n) is 10.2. The number of β-amino-alcohol motifs (C(OH)–C–C–N with tert-alkyl or cyclic N) is 1. The number of carbonyl (C=O) groups is 3. The van der Waals surface area contributed by atoms with E-state index in [-0.39, 0.29) is 24.9 Å². The summed E-state index contributed by atoms with van der Waals surface area (Å²) < 4.78 is 0.781. The quantitative estimate of drug-likeness (QED) is 0.268. The number of hydrogen-bond donors (Lipinski definition) is 6. The predicted molar refractivity (Wildman–Crippen MR) is 153 cm³/mol. The number of rotatable bonds is 8. The van der Waals surface area contributed by atoms with Gasteiger partial charge in [0.05, 0.1) is 31.7 Å². The lowest BCUT2D eigenvalue weighted by molar-refractivity contribution is -0.138. The molecule has 0 saturated carbocycles. The minimum atomic E-state index is -1.06. The highest BCUT2D eigenvalue weighted by Crippen LogP contribution is 2.30. The molecule has 208 valence electrons. The maximum atomic E-state index is 12.9. The van der Waals surface area contributed by atoms with Crippen LogP contribution in [0.1, 0.15) is 44.4 Å². The second-order valence-corrected chi connectivity index (χ2v) is 11.2. The number of nitrogens with zero attached hydrogens (tertiary/aromatic N) is 1. The summed E-state index contributed by atoms with van der Waals surface area (Å²) in [7, 11) is 0. The summed E-state index contributed by atoms with van der Waals surface area (Å²) in [4.78, 5) is 41.5. The number of aliphatic imine (C=N–C) groups is 1. The van der Waals surface area contributed by atoms with E-state index in [9.17, 15) is 24.6 Å². The number of nitrogens with one attached hydrogen (secondary N) is 4. The van der Waals surface area contributed by atoms with Gasteiger partial charge in [0.15, 0.2) is 5.96 Å². The summed E-state index contributed by atoms with van der Waals surface area (Å²) >= 11 is 3.48. The number of aliphatic hydroxyl groups is 1. The highest BCUT2D eigenvalue weighted by atomic mass is 79.9. The standard InChI is InChI=1S/C28H34BrN5O5/c1-28(2,3)19-9-18(10-20(29)12-19)23(13-25(37)38)34-24(36)16-30-26(39)17-7-5-4-6-8-21(11-17)33-27-31-14-22(35)15-32-27/h4-12,22-23,35H,13-16H2,1-3H3,(H,30,39)(H,34,36)(H,37,38)(H2,31,32,33)/b5-4?,6-4+,7-5+,8-6?,17-7?,17-11+,21-8+,21-11?/t23-/m0/s1. The van der Waals surface area contributed by atoms with E-state index >= 15 is 0 Å². The van der Waals surface area contributed by atoms with Gasteiger partial charge in [0, 0.05) is 22.3 Å². The number of carboxylic acids is 1. The van der Waals surface area contributed by atoms with Gasteiger partial charge in [0.1, 0.15) is 0 Å². The molecule has 1 heterocycles. The highest BCUT2D eigenvalue weighted by Gasteiger charge is 2.22. The van der Waals surface area contributed by atoms with Gasteiger partial charge in [-0.2, -0.15) is 0 Å². The molecule has 2 amide bonds. The Bertz CT molecular complexity index is 1260. The molecule has 0 bridgehead atoms. The molecule has 0 saturated heterocycles. The third kappa shape index (κ3) is 9.52. The van der Waals surface area contributed by atoms with E-state index in [2.05, 4.69) is 42.2 Å². The van der Waals surface area contributed by atoms with Crippen molar-refractivity contribution in [2.24, 2.45) is 4.99 Å². The Kier molecular flexibility index (Phi) is 10.2. The van der Waals surface area contributed by atoms with Gasteiger partial charge in [-0.25, -0.2) is 0 Å². The lowest BCUT2D eigenvalue weighted by atomic mass is 9.85. The Morgan fingerprint density at radius 2 is 1.95 bits per heavy atom. The molecule has 10 nitrogen and oxygen atoms in total. The molecule has 1 aliphatic carbocycles. The van der Waals surface area contributed by atoms with E-state index in [1.807, 2.05) is 32.9 Å². The first-order valence-electron chi connectivity index (χ1n) is 12.5. The molecule has 0 radical (unpaired) electrons. The first-order valence-corrected chi connectivity index (χ1v) is 13.3. The number of aliphatic carboxylic acids is 1. The number of amides is 2. The molecular weight excluding hydrogens is 566 g/mol. The molecule has 6 N–H and O–H groups in total. The van der Waals surface area contributed by atoms with Crippen LogP contribution in [-0.2, 0) is 19.8 Å². The van der Waals surface area contributed by atoms with Crippen LogP contribution in [0.2, 0.25) is 0 Å². The van der Waals surface area contributed by atoms with Gasteiger partial charge >= 0.3 is 5.97 Å². The molecule has 3 rings (SSSR count). The molecule has 0 fully saturated rings. The van der Waals surface area contributed by atoms with E-state index in [1.54, 1.807) is 42.5 Å². The molecule has 2 aliphatic rings. The fraction of sp³-hybridized carbons (Fsp3) is 0.357. The molecule has 1 aromatic rings. The topological polar surface area (TPSA) is 152 Å². The Labute approximate surface area is 236 Å². The van der Waals surface area contributed by atoms with Gasteiger partial charge in [-0.15, -0.1) is 0 Å². The molecule has 1 aliphatic heterocycles. The Morgan fingerprint density at radius 1 is 1.18 bits per heavy atom. The van der Waals surface area contributed by atoms with Crippen LogP contribution in [0.4, 0.5) is 0 Å². The maximum absolute atomic E-state index is 12.9. The van der Waals surface area contributed by atoms with Crippen molar-refractivity contribution in [3.05, 3.63) is 81.5 Å². The normalized spacial score (nSPS) is 22.2. The number of carbonyl (C=O) groups excluding carboxylic acids is 2. The summed E-state index contributed by atoms with van der Waals surface area (Å²) in [5, 5.41) is 30.5. The number of hydrogen-bond acceptors (Lipinski definition) is 7. The van der Waals surface area contributed by atoms with Gasteiger partial charge in [0.2, 0.25) is 5.91 Å². The number of aliphatic hydroxyl groups excluding tert-OH is 1. The van der Waals surface area contributed by atoms with Crippen molar-refractivity contribution in [2.45, 2.75) is 44.8 Å². The number of guanidine groups is 1. The lowest BCUT2D eigenvalue weighted by Crippen LogP contribution is -2.45. The summed E-state index contributed by atoms with van der Waals surface area (Å²) in [6.07, 6.45) is 9.39. The second kappa shape index (κ2) is 13.4. The highest BCUT2D eigenvalue weighted by molar-refractivity contribution is 9.10. The molecule has 0 aromatic heterocycles. The largest absolute Gasteiger partial charge is 0.481 e. The van der Waals surface area contributed by atoms with Crippen molar-refractivity contribution >= 4 is 39.7 Å². The van der Waals surface area contributed by atoms with Crippen LogP contribution in [0.15, 0.2) is 75.4 Å². The summed E-state index contributed by atoms with van der Waals surface area (Å²) in [6, 6.07) is 4.86. The van der Waals surface area contributed by atoms with Crippen molar-refractivity contribution in [3.8, 4) is 0 Å².